The number of ether oxygens (including phenoxy) is 1. The minimum Gasteiger partial charge on any atom is -0.486 e. The molecule has 0 saturated carbocycles. The number of carbonyl (C=O) groups is 1. The van der Waals surface area contributed by atoms with Gasteiger partial charge in [0.2, 0.25) is 5.91 Å². The van der Waals surface area contributed by atoms with Crippen molar-refractivity contribution in [2.45, 2.75) is 30.9 Å². The number of anilines is 2. The fraction of sp³-hybridized carbons (Fsp3) is 0.160. The molecule has 8 heteroatoms. The summed E-state index contributed by atoms with van der Waals surface area (Å²) in [5.41, 5.74) is 9.08. The lowest BCUT2D eigenvalue weighted by Crippen LogP contribution is -2.23. The summed E-state index contributed by atoms with van der Waals surface area (Å²) in [7, 11) is 0. The van der Waals surface area contributed by atoms with Gasteiger partial charge in [0.15, 0.2) is 11.0 Å². The number of nitrogens with two attached hydrogens (primary N) is 1. The number of benzene rings is 3. The van der Waals surface area contributed by atoms with Gasteiger partial charge in [0.25, 0.3) is 0 Å². The second kappa shape index (κ2) is 10.2. The van der Waals surface area contributed by atoms with Gasteiger partial charge in [-0.1, -0.05) is 42.1 Å². The van der Waals surface area contributed by atoms with Crippen molar-refractivity contribution in [2.75, 3.05) is 11.1 Å². The van der Waals surface area contributed by atoms with Gasteiger partial charge in [-0.15, -0.1) is 10.2 Å². The van der Waals surface area contributed by atoms with Crippen molar-refractivity contribution in [1.29, 1.82) is 0 Å². The number of para-hydroxylation sites is 1. The second-order valence-electron chi connectivity index (χ2n) is 7.55. The van der Waals surface area contributed by atoms with Crippen LogP contribution in [0.3, 0.4) is 0 Å². The van der Waals surface area contributed by atoms with Gasteiger partial charge in [0.1, 0.15) is 12.4 Å². The van der Waals surface area contributed by atoms with Crippen molar-refractivity contribution >= 4 is 29.0 Å². The molecule has 1 aromatic heterocycles. The Labute approximate surface area is 197 Å². The van der Waals surface area contributed by atoms with Crippen LogP contribution in [0.1, 0.15) is 18.3 Å². The summed E-state index contributed by atoms with van der Waals surface area (Å²) in [6, 6.07) is 24.7. The van der Waals surface area contributed by atoms with Crippen LogP contribution in [0, 0.1) is 6.92 Å². The molecule has 168 valence electrons. The van der Waals surface area contributed by atoms with Gasteiger partial charge in [-0.05, 0) is 67.9 Å². The quantitative estimate of drug-likeness (QED) is 0.289. The molecule has 0 fully saturated rings. The molecule has 4 aromatic rings. The highest BCUT2D eigenvalue weighted by Crippen LogP contribution is 2.27. The molecule has 3 aromatic carbocycles. The van der Waals surface area contributed by atoms with Gasteiger partial charge in [0.05, 0.1) is 5.25 Å². The molecule has 0 bridgehead atoms. The Morgan fingerprint density at radius 1 is 1.06 bits per heavy atom. The van der Waals surface area contributed by atoms with Gasteiger partial charge in [0, 0.05) is 17.1 Å². The van der Waals surface area contributed by atoms with E-state index in [2.05, 4.69) is 15.5 Å². The van der Waals surface area contributed by atoms with Gasteiger partial charge in [-0.3, -0.25) is 9.36 Å². The molecular formula is C25H25N5O2S. The molecule has 1 atom stereocenters. The standard InChI is InChI=1S/C25H25N5O2S/c1-17-7-6-10-22(15-17)32-16-23-28-29-25(30(23)21-8-4-3-5-9-21)33-18(2)24(31)27-20-13-11-19(26)12-14-20/h3-15,18H,16,26H2,1-2H3,(H,27,31). The van der Waals surface area contributed by atoms with E-state index in [-0.39, 0.29) is 12.5 Å². The van der Waals surface area contributed by atoms with E-state index in [4.69, 9.17) is 10.5 Å². The summed E-state index contributed by atoms with van der Waals surface area (Å²) in [5, 5.41) is 11.8. The van der Waals surface area contributed by atoms with Crippen LogP contribution in [-0.2, 0) is 11.4 Å². The van der Waals surface area contributed by atoms with Crippen molar-refractivity contribution in [3.05, 3.63) is 90.3 Å². The fourth-order valence-electron chi connectivity index (χ4n) is 3.18. The van der Waals surface area contributed by atoms with Crippen molar-refractivity contribution in [3.63, 3.8) is 0 Å². The molecule has 0 aliphatic rings. The summed E-state index contributed by atoms with van der Waals surface area (Å²) in [5.74, 6) is 1.28. The number of nitrogens with one attached hydrogen (secondary N) is 1. The monoisotopic (exact) mass is 459 g/mol. The minimum atomic E-state index is -0.403. The summed E-state index contributed by atoms with van der Waals surface area (Å²) in [6.45, 7) is 4.10. The van der Waals surface area contributed by atoms with Crippen LogP contribution in [0.2, 0.25) is 0 Å². The number of aryl methyl sites for hydroxylation is 1. The zero-order valence-electron chi connectivity index (χ0n) is 18.4. The molecule has 0 radical (unpaired) electrons. The second-order valence-corrected chi connectivity index (χ2v) is 8.85. The number of nitrogen functional groups attached to an aromatic ring is 1. The normalized spacial score (nSPS) is 11.7. The Morgan fingerprint density at radius 2 is 1.82 bits per heavy atom. The predicted octanol–water partition coefficient (Wildman–Crippen LogP) is 4.86. The zero-order valence-corrected chi connectivity index (χ0v) is 19.3. The van der Waals surface area contributed by atoms with E-state index in [9.17, 15) is 4.79 Å². The molecule has 33 heavy (non-hydrogen) atoms. The first kappa shape index (κ1) is 22.4. The Morgan fingerprint density at radius 3 is 2.55 bits per heavy atom. The summed E-state index contributed by atoms with van der Waals surface area (Å²) in [6.07, 6.45) is 0. The zero-order chi connectivity index (χ0) is 23.2. The van der Waals surface area contributed by atoms with E-state index >= 15 is 0 Å². The Balaban J connectivity index is 1.53. The molecule has 0 saturated heterocycles. The molecule has 3 N–H and O–H groups in total. The highest BCUT2D eigenvalue weighted by Gasteiger charge is 2.21. The van der Waals surface area contributed by atoms with Crippen LogP contribution in [0.15, 0.2) is 84.0 Å². The first-order valence-electron chi connectivity index (χ1n) is 10.5. The SMILES string of the molecule is Cc1cccc(OCc2nnc(SC(C)C(=O)Nc3ccc(N)cc3)n2-c2ccccc2)c1. The maximum atomic E-state index is 12.8. The molecule has 1 unspecified atom stereocenters. The van der Waals surface area contributed by atoms with Crippen molar-refractivity contribution in [3.8, 4) is 11.4 Å². The first-order valence-corrected chi connectivity index (χ1v) is 11.4. The van der Waals surface area contributed by atoms with Gasteiger partial charge >= 0.3 is 0 Å². The molecule has 0 aliphatic carbocycles. The lowest BCUT2D eigenvalue weighted by Gasteiger charge is -2.14. The van der Waals surface area contributed by atoms with Crippen LogP contribution >= 0.6 is 11.8 Å². The molecule has 4 rings (SSSR count). The maximum absolute atomic E-state index is 12.8. The van der Waals surface area contributed by atoms with Gasteiger partial charge in [-0.2, -0.15) is 0 Å². The number of aromatic nitrogens is 3. The van der Waals surface area contributed by atoms with Gasteiger partial charge < -0.3 is 15.8 Å². The number of nitrogens with zero attached hydrogens (tertiary/aromatic N) is 3. The third-order valence-electron chi connectivity index (χ3n) is 4.90. The van der Waals surface area contributed by atoms with Crippen molar-refractivity contribution < 1.29 is 9.53 Å². The molecule has 0 aliphatic heterocycles. The van der Waals surface area contributed by atoms with Crippen LogP contribution in [0.5, 0.6) is 5.75 Å². The smallest absolute Gasteiger partial charge is 0.237 e. The lowest BCUT2D eigenvalue weighted by molar-refractivity contribution is -0.115. The molecule has 7 nitrogen and oxygen atoms in total. The Hall–Kier alpha value is -3.78. The van der Waals surface area contributed by atoms with E-state index in [0.29, 0.717) is 22.4 Å². The van der Waals surface area contributed by atoms with E-state index in [1.54, 1.807) is 24.3 Å². The van der Waals surface area contributed by atoms with Crippen LogP contribution < -0.4 is 15.8 Å². The maximum Gasteiger partial charge on any atom is 0.237 e. The minimum absolute atomic E-state index is 0.134. The van der Waals surface area contributed by atoms with Crippen molar-refractivity contribution in [1.82, 2.24) is 14.8 Å². The van der Waals surface area contributed by atoms with E-state index in [0.717, 1.165) is 17.0 Å². The predicted molar refractivity (Wildman–Crippen MR) is 132 cm³/mol. The highest BCUT2D eigenvalue weighted by molar-refractivity contribution is 8.00. The average Bonchev–Trinajstić information content (AvgIpc) is 3.22. The lowest BCUT2D eigenvalue weighted by atomic mass is 10.2. The van der Waals surface area contributed by atoms with E-state index in [1.807, 2.05) is 73.0 Å². The number of thioether (sulfide) groups is 1. The number of carbonyl (C=O) groups excluding carboxylic acids is 1. The largest absolute Gasteiger partial charge is 0.486 e. The first-order chi connectivity index (χ1) is 16.0. The Kier molecular flexibility index (Phi) is 6.95. The molecular weight excluding hydrogens is 434 g/mol. The Bertz CT molecular complexity index is 1230. The van der Waals surface area contributed by atoms with E-state index in [1.165, 1.54) is 11.8 Å². The number of rotatable bonds is 8. The average molecular weight is 460 g/mol. The summed E-state index contributed by atoms with van der Waals surface area (Å²) in [4.78, 5) is 12.8. The molecule has 1 heterocycles. The topological polar surface area (TPSA) is 95.1 Å². The van der Waals surface area contributed by atoms with Crippen LogP contribution in [-0.4, -0.2) is 25.9 Å². The number of hydrogen-bond acceptors (Lipinski definition) is 6. The molecule has 1 amide bonds. The van der Waals surface area contributed by atoms with Crippen LogP contribution in [0.25, 0.3) is 5.69 Å². The van der Waals surface area contributed by atoms with E-state index < -0.39 is 5.25 Å². The van der Waals surface area contributed by atoms with Crippen molar-refractivity contribution in [2.24, 2.45) is 0 Å². The summed E-state index contributed by atoms with van der Waals surface area (Å²) < 4.78 is 7.89. The third-order valence-corrected chi connectivity index (χ3v) is 5.94. The summed E-state index contributed by atoms with van der Waals surface area (Å²) >= 11 is 1.34. The van der Waals surface area contributed by atoms with Crippen LogP contribution in [0.4, 0.5) is 11.4 Å². The number of hydrogen-bond donors (Lipinski definition) is 2. The highest BCUT2D eigenvalue weighted by atomic mass is 32.2. The number of amides is 1. The molecule has 0 spiro atoms. The van der Waals surface area contributed by atoms with Gasteiger partial charge in [-0.25, -0.2) is 0 Å². The third kappa shape index (κ3) is 5.72. The fourth-order valence-corrected chi connectivity index (χ4v) is 4.07.